The summed E-state index contributed by atoms with van der Waals surface area (Å²) in [6, 6.07) is 9.76. The molecule has 0 bridgehead atoms. The maximum Gasteiger partial charge on any atom is 0.277 e. The fraction of sp³-hybridized carbons (Fsp3) is 0.0667. The quantitative estimate of drug-likeness (QED) is 0.586. The Labute approximate surface area is 152 Å². The van der Waals surface area contributed by atoms with Gasteiger partial charge in [0.05, 0.1) is 21.3 Å². The SMILES string of the molecule is O=C(COc1ccc(Cl)cc1Cl)N/N=C/c1c(Cl)cccc1Cl. The van der Waals surface area contributed by atoms with Crippen molar-refractivity contribution < 1.29 is 9.53 Å². The van der Waals surface area contributed by atoms with E-state index in [1.165, 1.54) is 12.3 Å². The Morgan fingerprint density at radius 3 is 2.43 bits per heavy atom. The lowest BCUT2D eigenvalue weighted by Crippen LogP contribution is -2.24. The van der Waals surface area contributed by atoms with Gasteiger partial charge in [-0.1, -0.05) is 52.5 Å². The van der Waals surface area contributed by atoms with Gasteiger partial charge >= 0.3 is 0 Å². The molecule has 2 aromatic rings. The van der Waals surface area contributed by atoms with E-state index in [1.54, 1.807) is 30.3 Å². The molecule has 1 amide bonds. The highest BCUT2D eigenvalue weighted by Gasteiger charge is 2.06. The van der Waals surface area contributed by atoms with Crippen LogP contribution in [0.1, 0.15) is 5.56 Å². The van der Waals surface area contributed by atoms with Crippen LogP contribution >= 0.6 is 46.4 Å². The fourth-order valence-electron chi connectivity index (χ4n) is 1.57. The molecule has 4 nitrogen and oxygen atoms in total. The van der Waals surface area contributed by atoms with Gasteiger partial charge in [0.1, 0.15) is 5.75 Å². The lowest BCUT2D eigenvalue weighted by Gasteiger charge is -2.07. The van der Waals surface area contributed by atoms with E-state index >= 15 is 0 Å². The largest absolute Gasteiger partial charge is 0.482 e. The first kappa shape index (κ1) is 17.9. The van der Waals surface area contributed by atoms with Crippen molar-refractivity contribution in [2.75, 3.05) is 6.61 Å². The molecule has 8 heteroatoms. The van der Waals surface area contributed by atoms with Gasteiger partial charge in [0.2, 0.25) is 0 Å². The normalized spacial score (nSPS) is 10.8. The predicted molar refractivity (Wildman–Crippen MR) is 94.2 cm³/mol. The van der Waals surface area contributed by atoms with E-state index in [1.807, 2.05) is 0 Å². The predicted octanol–water partition coefficient (Wildman–Crippen LogP) is 4.83. The van der Waals surface area contributed by atoms with E-state index in [9.17, 15) is 4.79 Å². The third-order valence-electron chi connectivity index (χ3n) is 2.64. The van der Waals surface area contributed by atoms with Crippen molar-refractivity contribution in [3.05, 3.63) is 62.1 Å². The lowest BCUT2D eigenvalue weighted by molar-refractivity contribution is -0.123. The van der Waals surface area contributed by atoms with Crippen molar-refractivity contribution in [3.8, 4) is 5.75 Å². The zero-order valence-electron chi connectivity index (χ0n) is 11.5. The van der Waals surface area contributed by atoms with E-state index in [4.69, 9.17) is 51.1 Å². The molecule has 0 saturated heterocycles. The topological polar surface area (TPSA) is 50.7 Å². The second kappa shape index (κ2) is 8.41. The van der Waals surface area contributed by atoms with Crippen LogP contribution in [0.5, 0.6) is 5.75 Å². The number of rotatable bonds is 5. The summed E-state index contributed by atoms with van der Waals surface area (Å²) in [5, 5.41) is 5.44. The second-order valence-corrected chi connectivity index (χ2v) is 5.95. The minimum absolute atomic E-state index is 0.255. The number of benzene rings is 2. The molecule has 0 aliphatic carbocycles. The van der Waals surface area contributed by atoms with Crippen molar-refractivity contribution >= 4 is 58.5 Å². The number of hydrazone groups is 1. The van der Waals surface area contributed by atoms with Crippen molar-refractivity contribution in [2.24, 2.45) is 5.10 Å². The molecule has 0 heterocycles. The Hall–Kier alpha value is -1.46. The molecule has 0 aliphatic rings. The average Bonchev–Trinajstić information content (AvgIpc) is 2.49. The molecule has 1 N–H and O–H groups in total. The van der Waals surface area contributed by atoms with Crippen LogP contribution in [0.3, 0.4) is 0 Å². The Balaban J connectivity index is 1.89. The lowest BCUT2D eigenvalue weighted by atomic mass is 10.2. The van der Waals surface area contributed by atoms with Crippen LogP contribution in [0, 0.1) is 0 Å². The summed E-state index contributed by atoms with van der Waals surface area (Å²) in [6.07, 6.45) is 1.36. The molecule has 120 valence electrons. The number of hydrogen-bond acceptors (Lipinski definition) is 3. The van der Waals surface area contributed by atoms with Crippen LogP contribution < -0.4 is 10.2 Å². The van der Waals surface area contributed by atoms with Crippen LogP contribution in [-0.4, -0.2) is 18.7 Å². The molecule has 0 unspecified atom stereocenters. The number of hydrogen-bond donors (Lipinski definition) is 1. The van der Waals surface area contributed by atoms with Gasteiger partial charge in [0, 0.05) is 10.6 Å². The minimum atomic E-state index is -0.463. The number of halogens is 4. The smallest absolute Gasteiger partial charge is 0.277 e. The van der Waals surface area contributed by atoms with Gasteiger partial charge in [0.15, 0.2) is 6.61 Å². The van der Waals surface area contributed by atoms with E-state index < -0.39 is 5.91 Å². The van der Waals surface area contributed by atoms with Gasteiger partial charge < -0.3 is 4.74 Å². The first-order chi connectivity index (χ1) is 11.0. The third-order valence-corrected chi connectivity index (χ3v) is 3.82. The molecule has 0 saturated carbocycles. The standard InChI is InChI=1S/C15H10Cl4N2O2/c16-9-4-5-14(13(19)6-9)23-8-15(22)21-20-7-10-11(17)2-1-3-12(10)18/h1-7H,8H2,(H,21,22)/b20-7+. The summed E-state index contributed by atoms with van der Waals surface area (Å²) in [5.41, 5.74) is 2.82. The summed E-state index contributed by atoms with van der Waals surface area (Å²) >= 11 is 23.7. The number of carbonyl (C=O) groups excluding carboxylic acids is 1. The molecule has 0 atom stereocenters. The summed E-state index contributed by atoms with van der Waals surface area (Å²) in [7, 11) is 0. The van der Waals surface area contributed by atoms with E-state index in [-0.39, 0.29) is 6.61 Å². The van der Waals surface area contributed by atoms with Gasteiger partial charge in [-0.3, -0.25) is 4.79 Å². The summed E-state index contributed by atoms with van der Waals surface area (Å²) in [4.78, 5) is 11.7. The Bertz CT molecular complexity index is 730. The Kier molecular flexibility index (Phi) is 6.54. The van der Waals surface area contributed by atoms with Crippen LogP contribution in [-0.2, 0) is 4.79 Å². The van der Waals surface area contributed by atoms with Gasteiger partial charge in [-0.05, 0) is 30.3 Å². The molecule has 23 heavy (non-hydrogen) atoms. The van der Waals surface area contributed by atoms with Gasteiger partial charge in [-0.25, -0.2) is 5.43 Å². The highest BCUT2D eigenvalue weighted by Crippen LogP contribution is 2.27. The molecule has 0 spiro atoms. The Morgan fingerprint density at radius 2 is 1.78 bits per heavy atom. The Morgan fingerprint density at radius 1 is 1.09 bits per heavy atom. The second-order valence-electron chi connectivity index (χ2n) is 4.29. The van der Waals surface area contributed by atoms with E-state index in [0.717, 1.165) is 0 Å². The average molecular weight is 392 g/mol. The highest BCUT2D eigenvalue weighted by atomic mass is 35.5. The van der Waals surface area contributed by atoms with Crippen LogP contribution in [0.15, 0.2) is 41.5 Å². The first-order valence-corrected chi connectivity index (χ1v) is 7.82. The minimum Gasteiger partial charge on any atom is -0.482 e. The molecule has 0 aromatic heterocycles. The maximum atomic E-state index is 11.7. The number of nitrogens with zero attached hydrogens (tertiary/aromatic N) is 1. The highest BCUT2D eigenvalue weighted by molar-refractivity contribution is 6.38. The van der Waals surface area contributed by atoms with Gasteiger partial charge in [0.25, 0.3) is 5.91 Å². The van der Waals surface area contributed by atoms with Crippen LogP contribution in [0.4, 0.5) is 0 Å². The van der Waals surface area contributed by atoms with Gasteiger partial charge in [-0.15, -0.1) is 0 Å². The van der Waals surface area contributed by atoms with Crippen molar-refractivity contribution in [1.29, 1.82) is 0 Å². The monoisotopic (exact) mass is 390 g/mol. The summed E-state index contributed by atoms with van der Waals surface area (Å²) < 4.78 is 5.28. The summed E-state index contributed by atoms with van der Waals surface area (Å²) in [6.45, 7) is -0.255. The molecule has 2 aromatic carbocycles. The van der Waals surface area contributed by atoms with E-state index in [0.29, 0.717) is 31.4 Å². The molecule has 2 rings (SSSR count). The number of ether oxygens (including phenoxy) is 1. The first-order valence-electron chi connectivity index (χ1n) is 6.31. The zero-order valence-corrected chi connectivity index (χ0v) is 14.5. The number of nitrogens with one attached hydrogen (secondary N) is 1. The third kappa shape index (κ3) is 5.29. The molecular weight excluding hydrogens is 382 g/mol. The number of carbonyl (C=O) groups is 1. The fourth-order valence-corrected chi connectivity index (χ4v) is 2.53. The molecule has 0 fully saturated rings. The molecule has 0 radical (unpaired) electrons. The zero-order chi connectivity index (χ0) is 16.8. The van der Waals surface area contributed by atoms with Crippen LogP contribution in [0.2, 0.25) is 20.1 Å². The van der Waals surface area contributed by atoms with Gasteiger partial charge in [-0.2, -0.15) is 5.10 Å². The van der Waals surface area contributed by atoms with Crippen molar-refractivity contribution in [2.45, 2.75) is 0 Å². The van der Waals surface area contributed by atoms with E-state index in [2.05, 4.69) is 10.5 Å². The van der Waals surface area contributed by atoms with Crippen molar-refractivity contribution in [3.63, 3.8) is 0 Å². The number of amides is 1. The van der Waals surface area contributed by atoms with Crippen molar-refractivity contribution in [1.82, 2.24) is 5.43 Å². The maximum absolute atomic E-state index is 11.7. The molecular formula is C15H10Cl4N2O2. The van der Waals surface area contributed by atoms with Crippen LogP contribution in [0.25, 0.3) is 0 Å². The molecule has 0 aliphatic heterocycles. The summed E-state index contributed by atoms with van der Waals surface area (Å²) in [5.74, 6) is -0.111.